The Balaban J connectivity index is 1.53. The van der Waals surface area contributed by atoms with Crippen LogP contribution in [0, 0.1) is 17.8 Å². The van der Waals surface area contributed by atoms with Crippen LogP contribution < -0.4 is 4.90 Å². The van der Waals surface area contributed by atoms with Crippen LogP contribution in [0.5, 0.6) is 0 Å². The third-order valence-electron chi connectivity index (χ3n) is 5.99. The van der Waals surface area contributed by atoms with Crippen LogP contribution in [0.3, 0.4) is 0 Å². The molecule has 0 N–H and O–H groups in total. The van der Waals surface area contributed by atoms with E-state index in [4.69, 9.17) is 4.98 Å². The minimum Gasteiger partial charge on any atom is -0.356 e. The fourth-order valence-electron chi connectivity index (χ4n) is 4.56. The molecule has 0 bridgehead atoms. The van der Waals surface area contributed by atoms with Gasteiger partial charge in [-0.25, -0.2) is 15.0 Å². The largest absolute Gasteiger partial charge is 0.356 e. The molecule has 0 saturated carbocycles. The molecule has 30 heavy (non-hydrogen) atoms. The van der Waals surface area contributed by atoms with Gasteiger partial charge in [0.15, 0.2) is 0 Å². The number of hydrogen-bond acceptors (Lipinski definition) is 4. The lowest BCUT2D eigenvalue weighted by Gasteiger charge is -2.35. The quantitative estimate of drug-likeness (QED) is 0.576. The molecule has 1 aliphatic rings. The van der Waals surface area contributed by atoms with E-state index in [-0.39, 0.29) is 5.41 Å². The van der Waals surface area contributed by atoms with E-state index in [2.05, 4.69) is 74.7 Å². The minimum absolute atomic E-state index is 0.0106. The van der Waals surface area contributed by atoms with E-state index in [9.17, 15) is 0 Å². The van der Waals surface area contributed by atoms with Gasteiger partial charge in [-0.2, -0.15) is 0 Å². The maximum atomic E-state index is 4.77. The smallest absolute Gasteiger partial charge is 0.133 e. The summed E-state index contributed by atoms with van der Waals surface area (Å²) in [7, 11) is 0. The zero-order valence-corrected chi connectivity index (χ0v) is 19.9. The van der Waals surface area contributed by atoms with E-state index in [1.54, 1.807) is 0 Å². The Kier molecular flexibility index (Phi) is 7.49. The second kappa shape index (κ2) is 9.89. The minimum atomic E-state index is 0.0106. The Morgan fingerprint density at radius 2 is 1.67 bits per heavy atom. The summed E-state index contributed by atoms with van der Waals surface area (Å²) in [5, 5.41) is 0. The van der Waals surface area contributed by atoms with Crippen molar-refractivity contribution < 1.29 is 0 Å². The van der Waals surface area contributed by atoms with Crippen molar-refractivity contribution in [2.75, 3.05) is 18.0 Å². The van der Waals surface area contributed by atoms with E-state index in [1.807, 2.05) is 12.4 Å². The molecule has 2 atom stereocenters. The zero-order valence-electron chi connectivity index (χ0n) is 19.9. The number of rotatable bonds is 7. The average Bonchev–Trinajstić information content (AvgIpc) is 2.68. The Labute approximate surface area is 183 Å². The van der Waals surface area contributed by atoms with Crippen LogP contribution in [0.15, 0.2) is 30.7 Å². The third kappa shape index (κ3) is 6.52. The predicted molar refractivity (Wildman–Crippen MR) is 126 cm³/mol. The summed E-state index contributed by atoms with van der Waals surface area (Å²) in [6, 6.07) is 4.48. The number of hydrogen-bond donors (Lipinski definition) is 0. The topological polar surface area (TPSA) is 41.9 Å². The summed E-state index contributed by atoms with van der Waals surface area (Å²) < 4.78 is 0. The van der Waals surface area contributed by atoms with E-state index in [1.165, 1.54) is 30.4 Å². The van der Waals surface area contributed by atoms with Gasteiger partial charge in [-0.15, -0.1) is 0 Å². The highest BCUT2D eigenvalue weighted by Gasteiger charge is 2.23. The van der Waals surface area contributed by atoms with Gasteiger partial charge in [0.25, 0.3) is 0 Å². The fraction of sp³-hybridized carbons (Fsp3) is 0.654. The van der Waals surface area contributed by atoms with Gasteiger partial charge in [-0.1, -0.05) is 47.6 Å². The van der Waals surface area contributed by atoms with Gasteiger partial charge in [0.1, 0.15) is 11.6 Å². The second-order valence-electron chi connectivity index (χ2n) is 10.8. The summed E-state index contributed by atoms with van der Waals surface area (Å²) >= 11 is 0. The highest BCUT2D eigenvalue weighted by Crippen LogP contribution is 2.28. The third-order valence-corrected chi connectivity index (χ3v) is 5.99. The molecular weight excluding hydrogens is 368 g/mol. The first kappa shape index (κ1) is 22.7. The van der Waals surface area contributed by atoms with Crippen molar-refractivity contribution in [2.24, 2.45) is 17.8 Å². The van der Waals surface area contributed by atoms with E-state index in [0.717, 1.165) is 43.5 Å². The molecule has 0 spiro atoms. The van der Waals surface area contributed by atoms with Gasteiger partial charge in [-0.3, -0.25) is 0 Å². The first-order valence-corrected chi connectivity index (χ1v) is 11.7. The van der Waals surface area contributed by atoms with E-state index < -0.39 is 0 Å². The molecule has 0 aliphatic carbocycles. The van der Waals surface area contributed by atoms with Crippen molar-refractivity contribution in [3.05, 3.63) is 47.7 Å². The van der Waals surface area contributed by atoms with Gasteiger partial charge in [-0.05, 0) is 67.1 Å². The van der Waals surface area contributed by atoms with Gasteiger partial charge >= 0.3 is 0 Å². The molecule has 1 saturated heterocycles. The van der Waals surface area contributed by atoms with Gasteiger partial charge < -0.3 is 4.90 Å². The van der Waals surface area contributed by atoms with Crippen molar-refractivity contribution in [2.45, 2.75) is 79.1 Å². The lowest BCUT2D eigenvalue weighted by atomic mass is 9.86. The van der Waals surface area contributed by atoms with Crippen LogP contribution in [-0.2, 0) is 18.3 Å². The highest BCUT2D eigenvalue weighted by atomic mass is 15.2. The maximum absolute atomic E-state index is 4.77. The SMILES string of the molecule is CC(C)Cc1ccc(N2CCCC(CC(C)Cc3cnc(C(C)(C)C)nc3)C2)nc1. The summed E-state index contributed by atoms with van der Waals surface area (Å²) in [5.41, 5.74) is 2.61. The van der Waals surface area contributed by atoms with E-state index in [0.29, 0.717) is 11.8 Å². The van der Waals surface area contributed by atoms with Gasteiger partial charge in [0.05, 0.1) is 0 Å². The first-order chi connectivity index (χ1) is 14.2. The monoisotopic (exact) mass is 408 g/mol. The second-order valence-corrected chi connectivity index (χ2v) is 10.8. The van der Waals surface area contributed by atoms with Crippen molar-refractivity contribution in [3.8, 4) is 0 Å². The van der Waals surface area contributed by atoms with Crippen LogP contribution in [0.4, 0.5) is 5.82 Å². The standard InChI is InChI=1S/C26H40N4/c1-19(2)12-21-9-10-24(27-15-21)30-11-7-8-22(18-30)13-20(3)14-23-16-28-25(29-17-23)26(4,5)6/h9-10,15-17,19-20,22H,7-8,11-14,18H2,1-6H3. The molecule has 4 nitrogen and oxygen atoms in total. The average molecular weight is 409 g/mol. The Hall–Kier alpha value is -1.97. The number of anilines is 1. The van der Waals surface area contributed by atoms with Crippen LogP contribution in [-0.4, -0.2) is 28.0 Å². The van der Waals surface area contributed by atoms with Crippen LogP contribution in [0.2, 0.25) is 0 Å². The molecule has 0 amide bonds. The van der Waals surface area contributed by atoms with Crippen LogP contribution in [0.1, 0.15) is 77.8 Å². The molecule has 2 unspecified atom stereocenters. The van der Waals surface area contributed by atoms with Gasteiger partial charge in [0.2, 0.25) is 0 Å². The summed E-state index contributed by atoms with van der Waals surface area (Å²) in [6.45, 7) is 15.6. The molecule has 3 heterocycles. The summed E-state index contributed by atoms with van der Waals surface area (Å²) in [6.07, 6.45) is 12.1. The van der Waals surface area contributed by atoms with Gasteiger partial charge in [0, 0.05) is 37.1 Å². The number of nitrogens with zero attached hydrogens (tertiary/aromatic N) is 4. The molecule has 4 heteroatoms. The van der Waals surface area contributed by atoms with E-state index >= 15 is 0 Å². The van der Waals surface area contributed by atoms with Crippen molar-refractivity contribution in [1.82, 2.24) is 15.0 Å². The van der Waals surface area contributed by atoms with Crippen molar-refractivity contribution in [3.63, 3.8) is 0 Å². The highest BCUT2D eigenvalue weighted by molar-refractivity contribution is 5.40. The van der Waals surface area contributed by atoms with Crippen molar-refractivity contribution in [1.29, 1.82) is 0 Å². The summed E-state index contributed by atoms with van der Waals surface area (Å²) in [5.74, 6) is 4.12. The molecule has 0 aromatic carbocycles. The molecule has 0 radical (unpaired) electrons. The molecule has 2 aromatic heterocycles. The zero-order chi connectivity index (χ0) is 21.7. The number of aromatic nitrogens is 3. The van der Waals surface area contributed by atoms with Crippen molar-refractivity contribution >= 4 is 5.82 Å². The summed E-state index contributed by atoms with van der Waals surface area (Å²) in [4.78, 5) is 16.5. The van der Waals surface area contributed by atoms with Crippen LogP contribution in [0.25, 0.3) is 0 Å². The Bertz CT molecular complexity index is 774. The molecule has 3 rings (SSSR count). The fourth-order valence-corrected chi connectivity index (χ4v) is 4.56. The molecule has 2 aromatic rings. The lowest BCUT2D eigenvalue weighted by Crippen LogP contribution is -2.36. The predicted octanol–water partition coefficient (Wildman–Crippen LogP) is 5.85. The first-order valence-electron chi connectivity index (χ1n) is 11.7. The molecular formula is C26H40N4. The molecule has 1 fully saturated rings. The Morgan fingerprint density at radius 1 is 0.967 bits per heavy atom. The normalized spacial score (nSPS) is 18.6. The van der Waals surface area contributed by atoms with Crippen LogP contribution >= 0.6 is 0 Å². The number of pyridine rings is 1. The number of piperidine rings is 1. The maximum Gasteiger partial charge on any atom is 0.133 e. The lowest BCUT2D eigenvalue weighted by molar-refractivity contribution is 0.333. The molecule has 164 valence electrons. The Morgan fingerprint density at radius 3 is 2.27 bits per heavy atom. The molecule has 1 aliphatic heterocycles.